The van der Waals surface area contributed by atoms with Gasteiger partial charge in [0.25, 0.3) is 0 Å². The number of rotatable bonds is 4. The van der Waals surface area contributed by atoms with Gasteiger partial charge in [-0.2, -0.15) is 15.5 Å². The molecule has 0 bridgehead atoms. The minimum Gasteiger partial charge on any atom is -0.357 e. The molecule has 3 aromatic heterocycles. The molecule has 2 fully saturated rings. The molecule has 0 aliphatic carbocycles. The number of pyridine rings is 1. The van der Waals surface area contributed by atoms with Crippen LogP contribution < -0.4 is 9.80 Å². The number of aromatic nitrogens is 5. The van der Waals surface area contributed by atoms with Crippen molar-refractivity contribution < 1.29 is 0 Å². The maximum atomic E-state index is 9.64. The maximum absolute atomic E-state index is 9.64. The Morgan fingerprint density at radius 2 is 1.37 bits per heavy atom. The molecule has 5 rings (SSSR count). The van der Waals surface area contributed by atoms with Crippen molar-refractivity contribution >= 4 is 11.6 Å². The zero-order chi connectivity index (χ0) is 20.3. The highest BCUT2D eigenvalue weighted by Crippen LogP contribution is 2.33. The van der Waals surface area contributed by atoms with E-state index < -0.39 is 0 Å². The molecule has 8 heteroatoms. The summed E-state index contributed by atoms with van der Waals surface area (Å²) in [5.41, 5.74) is 3.09. The molecular weight excluding hydrogens is 376 g/mol. The van der Waals surface area contributed by atoms with Crippen molar-refractivity contribution in [2.45, 2.75) is 37.5 Å². The van der Waals surface area contributed by atoms with Gasteiger partial charge in [0.15, 0.2) is 0 Å². The van der Waals surface area contributed by atoms with E-state index in [1.165, 1.54) is 11.4 Å². The smallest absolute Gasteiger partial charge is 0.148 e. The zero-order valence-electron chi connectivity index (χ0n) is 17.0. The third-order valence-electron chi connectivity index (χ3n) is 6.52. The molecule has 2 N–H and O–H groups in total. The standard InChI is InChI=1S/C22H26N8/c23-15-18-1-2-21(29-11-5-16(6-12-29)19-3-9-24-27-19)26-22(18)30-13-7-17(8-14-30)20-4-10-25-28-20/h1-4,9-10,16-17H,5-8,11-14H2,(H,24,27)(H,25,28). The van der Waals surface area contributed by atoms with Gasteiger partial charge in [0.2, 0.25) is 0 Å². The number of nitrogens with zero attached hydrogens (tertiary/aromatic N) is 6. The summed E-state index contributed by atoms with van der Waals surface area (Å²) in [6, 6.07) is 10.4. The van der Waals surface area contributed by atoms with Crippen molar-refractivity contribution in [1.82, 2.24) is 25.4 Å². The molecule has 0 unspecified atom stereocenters. The van der Waals surface area contributed by atoms with Gasteiger partial charge >= 0.3 is 0 Å². The van der Waals surface area contributed by atoms with Crippen molar-refractivity contribution in [2.75, 3.05) is 36.0 Å². The summed E-state index contributed by atoms with van der Waals surface area (Å²) in [5.74, 6) is 2.83. The highest BCUT2D eigenvalue weighted by Gasteiger charge is 2.26. The number of hydrogen-bond acceptors (Lipinski definition) is 6. The quantitative estimate of drug-likeness (QED) is 0.695. The van der Waals surface area contributed by atoms with E-state index in [0.29, 0.717) is 17.4 Å². The monoisotopic (exact) mass is 402 g/mol. The number of aromatic amines is 2. The molecule has 0 saturated carbocycles. The summed E-state index contributed by atoms with van der Waals surface area (Å²) >= 11 is 0. The molecule has 2 aliphatic rings. The first-order valence-electron chi connectivity index (χ1n) is 10.7. The molecule has 8 nitrogen and oxygen atoms in total. The lowest BCUT2D eigenvalue weighted by molar-refractivity contribution is 0.488. The fraction of sp³-hybridized carbons (Fsp3) is 0.455. The summed E-state index contributed by atoms with van der Waals surface area (Å²) in [6.45, 7) is 3.72. The third kappa shape index (κ3) is 3.63. The molecule has 5 heterocycles. The molecule has 154 valence electrons. The fourth-order valence-electron chi connectivity index (χ4n) is 4.75. The minimum atomic E-state index is 0.499. The highest BCUT2D eigenvalue weighted by atomic mass is 15.3. The van der Waals surface area contributed by atoms with E-state index in [2.05, 4.69) is 48.4 Å². The molecule has 3 aromatic rings. The Kier molecular flexibility index (Phi) is 5.10. The lowest BCUT2D eigenvalue weighted by Gasteiger charge is -2.35. The Morgan fingerprint density at radius 1 is 0.800 bits per heavy atom. The Morgan fingerprint density at radius 3 is 1.87 bits per heavy atom. The van der Waals surface area contributed by atoms with Gasteiger partial charge < -0.3 is 9.80 Å². The van der Waals surface area contributed by atoms with Gasteiger partial charge in [0.1, 0.15) is 17.7 Å². The van der Waals surface area contributed by atoms with Gasteiger partial charge in [-0.05, 0) is 49.9 Å². The zero-order valence-corrected chi connectivity index (χ0v) is 17.0. The maximum Gasteiger partial charge on any atom is 0.148 e. The molecule has 2 aliphatic heterocycles. The first kappa shape index (κ1) is 18.7. The Bertz CT molecular complexity index is 988. The SMILES string of the molecule is N#Cc1ccc(N2CCC(c3ccn[nH]3)CC2)nc1N1CCC(c2ccn[nH]2)CC1. The second kappa shape index (κ2) is 8.19. The third-order valence-corrected chi connectivity index (χ3v) is 6.52. The number of H-pyrrole nitrogens is 2. The number of anilines is 2. The highest BCUT2D eigenvalue weighted by molar-refractivity contribution is 5.59. The second-order valence-electron chi connectivity index (χ2n) is 8.20. The van der Waals surface area contributed by atoms with Gasteiger partial charge in [-0.25, -0.2) is 4.98 Å². The van der Waals surface area contributed by atoms with E-state index in [9.17, 15) is 5.26 Å². The predicted octanol–water partition coefficient (Wildman–Crippen LogP) is 3.17. The fourth-order valence-corrected chi connectivity index (χ4v) is 4.75. The van der Waals surface area contributed by atoms with Gasteiger partial charge in [0, 0.05) is 61.8 Å². The van der Waals surface area contributed by atoms with Crippen molar-refractivity contribution in [2.24, 2.45) is 0 Å². The molecule has 0 amide bonds. The summed E-state index contributed by atoms with van der Waals surface area (Å²) in [4.78, 5) is 9.57. The van der Waals surface area contributed by atoms with Gasteiger partial charge in [0.05, 0.1) is 5.56 Å². The van der Waals surface area contributed by atoms with Crippen molar-refractivity contribution in [3.8, 4) is 6.07 Å². The molecule has 0 aromatic carbocycles. The van der Waals surface area contributed by atoms with Crippen LogP contribution in [0.25, 0.3) is 0 Å². The lowest BCUT2D eigenvalue weighted by atomic mass is 9.93. The summed E-state index contributed by atoms with van der Waals surface area (Å²) in [7, 11) is 0. The summed E-state index contributed by atoms with van der Waals surface area (Å²) in [6.07, 6.45) is 7.87. The predicted molar refractivity (Wildman–Crippen MR) is 115 cm³/mol. The molecular formula is C22H26N8. The summed E-state index contributed by atoms with van der Waals surface area (Å²) in [5, 5.41) is 24.0. The first-order chi connectivity index (χ1) is 14.8. The van der Waals surface area contributed by atoms with Crippen LogP contribution in [0.3, 0.4) is 0 Å². The Hall–Kier alpha value is -3.34. The van der Waals surface area contributed by atoms with Crippen LogP contribution in [0, 0.1) is 11.3 Å². The number of piperidine rings is 2. The Labute approximate surface area is 175 Å². The van der Waals surface area contributed by atoms with Crippen molar-refractivity contribution in [3.63, 3.8) is 0 Å². The van der Waals surface area contributed by atoms with Crippen LogP contribution in [-0.4, -0.2) is 51.6 Å². The Balaban J connectivity index is 1.28. The van der Waals surface area contributed by atoms with Gasteiger partial charge in [-0.1, -0.05) is 0 Å². The average molecular weight is 403 g/mol. The normalized spacial score (nSPS) is 18.5. The van der Waals surface area contributed by atoms with Crippen LogP contribution in [0.1, 0.15) is 54.5 Å². The first-order valence-corrected chi connectivity index (χ1v) is 10.7. The largest absolute Gasteiger partial charge is 0.357 e. The molecule has 2 saturated heterocycles. The van der Waals surface area contributed by atoms with Crippen LogP contribution in [0.15, 0.2) is 36.7 Å². The minimum absolute atomic E-state index is 0.499. The van der Waals surface area contributed by atoms with Crippen molar-refractivity contribution in [3.05, 3.63) is 53.6 Å². The van der Waals surface area contributed by atoms with Crippen molar-refractivity contribution in [1.29, 1.82) is 5.26 Å². The van der Waals surface area contributed by atoms with E-state index in [-0.39, 0.29) is 0 Å². The van der Waals surface area contributed by atoms with Crippen LogP contribution in [0.5, 0.6) is 0 Å². The van der Waals surface area contributed by atoms with Crippen LogP contribution in [0.2, 0.25) is 0 Å². The van der Waals surface area contributed by atoms with Gasteiger partial charge in [-0.3, -0.25) is 10.2 Å². The second-order valence-corrected chi connectivity index (χ2v) is 8.20. The molecule has 30 heavy (non-hydrogen) atoms. The van der Waals surface area contributed by atoms with Crippen LogP contribution >= 0.6 is 0 Å². The van der Waals surface area contributed by atoms with E-state index in [1.807, 2.05) is 24.5 Å². The number of nitriles is 1. The van der Waals surface area contributed by atoms with Crippen LogP contribution in [0.4, 0.5) is 11.6 Å². The number of nitrogens with one attached hydrogen (secondary N) is 2. The molecule has 0 spiro atoms. The summed E-state index contributed by atoms with van der Waals surface area (Å²) < 4.78 is 0. The lowest BCUT2D eigenvalue weighted by Crippen LogP contribution is -2.36. The topological polar surface area (TPSA) is 101 Å². The van der Waals surface area contributed by atoms with E-state index >= 15 is 0 Å². The van der Waals surface area contributed by atoms with E-state index in [0.717, 1.165) is 63.5 Å². The van der Waals surface area contributed by atoms with Gasteiger partial charge in [-0.15, -0.1) is 0 Å². The number of hydrogen-bond donors (Lipinski definition) is 2. The average Bonchev–Trinajstić information content (AvgIpc) is 3.54. The molecule has 0 radical (unpaired) electrons. The van der Waals surface area contributed by atoms with E-state index in [1.54, 1.807) is 0 Å². The van der Waals surface area contributed by atoms with E-state index in [4.69, 9.17) is 4.98 Å². The molecule has 0 atom stereocenters. The van der Waals surface area contributed by atoms with Crippen LogP contribution in [-0.2, 0) is 0 Å².